The van der Waals surface area contributed by atoms with Crippen LogP contribution in [-0.2, 0) is 13.5 Å². The van der Waals surface area contributed by atoms with E-state index in [-0.39, 0.29) is 34.8 Å². The predicted molar refractivity (Wildman–Crippen MR) is 167 cm³/mol. The molecule has 0 unspecified atom stereocenters. The molecule has 10 nitrogen and oxygen atoms in total. The summed E-state index contributed by atoms with van der Waals surface area (Å²) >= 11 is 0. The van der Waals surface area contributed by atoms with Crippen molar-refractivity contribution in [2.24, 2.45) is 7.05 Å². The van der Waals surface area contributed by atoms with Crippen LogP contribution in [0.4, 0.5) is 21.6 Å². The minimum Gasteiger partial charge on any atom is -0.393 e. The van der Waals surface area contributed by atoms with E-state index >= 15 is 4.39 Å². The molecular weight excluding hydrogens is 563 g/mol. The topological polar surface area (TPSA) is 129 Å². The number of aliphatic hydroxyl groups excluding tert-OH is 1. The van der Waals surface area contributed by atoms with Gasteiger partial charge in [-0.15, -0.1) is 0 Å². The number of carbonyl (C=O) groups excluding carboxylic acids is 2. The highest BCUT2D eigenvalue weighted by molar-refractivity contribution is 6.05. The molecule has 3 N–H and O–H groups in total. The Hall–Kier alpha value is -4.90. The molecule has 44 heavy (non-hydrogen) atoms. The van der Waals surface area contributed by atoms with Gasteiger partial charge in [0.2, 0.25) is 0 Å². The highest BCUT2D eigenvalue weighted by atomic mass is 19.1. The van der Waals surface area contributed by atoms with Crippen LogP contribution >= 0.6 is 0 Å². The van der Waals surface area contributed by atoms with Gasteiger partial charge in [0.1, 0.15) is 0 Å². The number of nitrogens with one attached hydrogen (secondary N) is 2. The first-order chi connectivity index (χ1) is 21.2. The van der Waals surface area contributed by atoms with E-state index in [2.05, 4.69) is 27.5 Å². The Labute approximate surface area is 254 Å². The summed E-state index contributed by atoms with van der Waals surface area (Å²) in [6, 6.07) is 14.6. The van der Waals surface area contributed by atoms with Crippen molar-refractivity contribution in [2.45, 2.75) is 45.1 Å². The lowest BCUT2D eigenvalue weighted by Gasteiger charge is -2.29. The molecule has 1 saturated heterocycles. The van der Waals surface area contributed by atoms with Crippen molar-refractivity contribution in [3.8, 4) is 11.3 Å². The SMILES string of the molecule is CCCCc1ncccc1C(=O)Nc1cccc(-c2cn(C)c(=O)c(Nc3ccc(C(=O)N4CCC(O)CC4)cc3)n2)c1F. The van der Waals surface area contributed by atoms with Crippen molar-refractivity contribution >= 4 is 29.0 Å². The normalized spacial score (nSPS) is 13.5. The van der Waals surface area contributed by atoms with Crippen molar-refractivity contribution in [3.63, 3.8) is 0 Å². The van der Waals surface area contributed by atoms with Crippen molar-refractivity contribution in [2.75, 3.05) is 23.7 Å². The van der Waals surface area contributed by atoms with Crippen LogP contribution in [0.1, 0.15) is 59.0 Å². The molecule has 11 heteroatoms. The molecule has 1 aliphatic heterocycles. The number of aromatic nitrogens is 3. The molecule has 3 heterocycles. The van der Waals surface area contributed by atoms with Gasteiger partial charge in [-0.05, 0) is 74.2 Å². The average molecular weight is 599 g/mol. The number of piperidine rings is 1. The number of amides is 2. The van der Waals surface area contributed by atoms with Gasteiger partial charge in [-0.25, -0.2) is 9.37 Å². The van der Waals surface area contributed by atoms with E-state index in [4.69, 9.17) is 0 Å². The number of benzene rings is 2. The summed E-state index contributed by atoms with van der Waals surface area (Å²) in [5, 5.41) is 15.4. The minimum absolute atomic E-state index is 0.0218. The van der Waals surface area contributed by atoms with Gasteiger partial charge < -0.3 is 25.2 Å². The molecule has 2 aromatic carbocycles. The molecule has 0 spiro atoms. The third kappa shape index (κ3) is 6.84. The van der Waals surface area contributed by atoms with E-state index in [1.54, 1.807) is 60.6 Å². The molecule has 2 aromatic heterocycles. The first kappa shape index (κ1) is 30.6. The molecule has 0 atom stereocenters. The van der Waals surface area contributed by atoms with Crippen LogP contribution in [-0.4, -0.2) is 55.5 Å². The highest BCUT2D eigenvalue weighted by Gasteiger charge is 2.22. The second kappa shape index (κ2) is 13.6. The molecule has 0 saturated carbocycles. The van der Waals surface area contributed by atoms with Crippen LogP contribution < -0.4 is 16.2 Å². The number of anilines is 3. The molecule has 0 radical (unpaired) electrons. The van der Waals surface area contributed by atoms with Gasteiger partial charge in [-0.1, -0.05) is 19.4 Å². The zero-order chi connectivity index (χ0) is 31.2. The fraction of sp³-hybridized carbons (Fsp3) is 0.303. The third-order valence-electron chi connectivity index (χ3n) is 7.64. The molecule has 0 bridgehead atoms. The van der Waals surface area contributed by atoms with Crippen molar-refractivity contribution in [1.29, 1.82) is 0 Å². The van der Waals surface area contributed by atoms with E-state index in [9.17, 15) is 19.5 Å². The van der Waals surface area contributed by atoms with Crippen LogP contribution in [0.3, 0.4) is 0 Å². The van der Waals surface area contributed by atoms with Gasteiger partial charge in [0.25, 0.3) is 17.4 Å². The number of carbonyl (C=O) groups is 2. The summed E-state index contributed by atoms with van der Waals surface area (Å²) in [7, 11) is 1.54. The van der Waals surface area contributed by atoms with E-state index in [1.807, 2.05) is 0 Å². The van der Waals surface area contributed by atoms with Crippen molar-refractivity contribution in [3.05, 3.63) is 100.0 Å². The molecule has 1 fully saturated rings. The second-order valence-corrected chi connectivity index (χ2v) is 10.8. The van der Waals surface area contributed by atoms with Crippen LogP contribution in [0.25, 0.3) is 11.3 Å². The van der Waals surface area contributed by atoms with E-state index in [1.165, 1.54) is 22.9 Å². The van der Waals surface area contributed by atoms with Crippen LogP contribution in [0, 0.1) is 5.82 Å². The summed E-state index contributed by atoms with van der Waals surface area (Å²) in [6.45, 7) is 3.05. The summed E-state index contributed by atoms with van der Waals surface area (Å²) in [5.74, 6) is -1.30. The largest absolute Gasteiger partial charge is 0.393 e. The molecule has 5 rings (SSSR count). The molecule has 228 valence electrons. The maximum Gasteiger partial charge on any atom is 0.293 e. The third-order valence-corrected chi connectivity index (χ3v) is 7.64. The molecular formula is C33H35FN6O4. The molecule has 0 aliphatic carbocycles. The summed E-state index contributed by atoms with van der Waals surface area (Å²) in [6.07, 6.45) is 6.27. The van der Waals surface area contributed by atoms with Gasteiger partial charge >= 0.3 is 0 Å². The Morgan fingerprint density at radius 2 is 1.82 bits per heavy atom. The highest BCUT2D eigenvalue weighted by Crippen LogP contribution is 2.28. The summed E-state index contributed by atoms with van der Waals surface area (Å²) in [4.78, 5) is 49.3. The lowest BCUT2D eigenvalue weighted by atomic mass is 10.1. The Kier molecular flexibility index (Phi) is 9.44. The standard InChI is InChI=1S/C33H35FN6O4/c1-3-4-9-26-25(8-6-17-35-26)31(42)38-27-10-5-7-24(29(27)34)28-20-39(2)33(44)30(37-28)36-22-13-11-21(12-14-22)32(43)40-18-15-23(41)16-19-40/h5-8,10-14,17,20,23,41H,3-4,9,15-16,18-19H2,1-2H3,(H,36,37)(H,38,42). The minimum atomic E-state index is -0.690. The van der Waals surface area contributed by atoms with Gasteiger partial charge in [-0.3, -0.25) is 19.4 Å². The number of hydrogen-bond acceptors (Lipinski definition) is 7. The fourth-order valence-electron chi connectivity index (χ4n) is 5.11. The molecule has 4 aromatic rings. The van der Waals surface area contributed by atoms with Crippen molar-refractivity contribution < 1.29 is 19.1 Å². The smallest absolute Gasteiger partial charge is 0.293 e. The van der Waals surface area contributed by atoms with E-state index < -0.39 is 17.3 Å². The van der Waals surface area contributed by atoms with E-state index in [0.717, 1.165) is 12.8 Å². The zero-order valence-corrected chi connectivity index (χ0v) is 24.7. The van der Waals surface area contributed by atoms with E-state index in [0.29, 0.717) is 54.9 Å². The Balaban J connectivity index is 1.36. The lowest BCUT2D eigenvalue weighted by molar-refractivity contribution is 0.0546. The number of aliphatic hydroxyl groups is 1. The van der Waals surface area contributed by atoms with Crippen LogP contribution in [0.5, 0.6) is 0 Å². The first-order valence-corrected chi connectivity index (χ1v) is 14.7. The number of unbranched alkanes of at least 4 members (excludes halogenated alkanes) is 1. The second-order valence-electron chi connectivity index (χ2n) is 10.8. The first-order valence-electron chi connectivity index (χ1n) is 14.7. The number of aryl methyl sites for hydroxylation is 2. The summed E-state index contributed by atoms with van der Waals surface area (Å²) in [5.41, 5.74) is 1.90. The van der Waals surface area contributed by atoms with Crippen LogP contribution in [0.15, 0.2) is 71.8 Å². The van der Waals surface area contributed by atoms with Gasteiger partial charge in [0.15, 0.2) is 11.6 Å². The number of likely N-dealkylation sites (tertiary alicyclic amines) is 1. The predicted octanol–water partition coefficient (Wildman–Crippen LogP) is 4.92. The van der Waals surface area contributed by atoms with Gasteiger partial charge in [0.05, 0.1) is 28.7 Å². The number of hydrogen-bond donors (Lipinski definition) is 3. The summed E-state index contributed by atoms with van der Waals surface area (Å²) < 4.78 is 17.1. The quantitative estimate of drug-likeness (QED) is 0.250. The van der Waals surface area contributed by atoms with Crippen LogP contribution in [0.2, 0.25) is 0 Å². The zero-order valence-electron chi connectivity index (χ0n) is 24.7. The van der Waals surface area contributed by atoms with Gasteiger partial charge in [0, 0.05) is 49.3 Å². The molecule has 2 amide bonds. The number of nitrogens with zero attached hydrogens (tertiary/aromatic N) is 4. The number of halogens is 1. The lowest BCUT2D eigenvalue weighted by Crippen LogP contribution is -2.40. The average Bonchev–Trinajstić information content (AvgIpc) is 3.03. The Morgan fingerprint density at radius 1 is 1.07 bits per heavy atom. The molecule has 1 aliphatic rings. The Bertz CT molecular complexity index is 1710. The number of rotatable bonds is 9. The maximum atomic E-state index is 15.8. The Morgan fingerprint density at radius 3 is 2.55 bits per heavy atom. The van der Waals surface area contributed by atoms with Crippen molar-refractivity contribution in [1.82, 2.24) is 19.4 Å². The van der Waals surface area contributed by atoms with Gasteiger partial charge in [-0.2, -0.15) is 0 Å². The fourth-order valence-corrected chi connectivity index (χ4v) is 5.11. The maximum absolute atomic E-state index is 15.8. The number of pyridine rings is 1. The monoisotopic (exact) mass is 598 g/mol.